The first-order valence-electron chi connectivity index (χ1n) is 9.01. The maximum atomic E-state index is 12.4. The summed E-state index contributed by atoms with van der Waals surface area (Å²) in [4.78, 5) is 27.0. The Morgan fingerprint density at radius 2 is 2.00 bits per heavy atom. The van der Waals surface area contributed by atoms with Gasteiger partial charge in [0.25, 0.3) is 5.69 Å². The van der Waals surface area contributed by atoms with Gasteiger partial charge >= 0.3 is 0 Å². The lowest BCUT2D eigenvalue weighted by atomic mass is 10.1. The average molecular weight is 412 g/mol. The number of nitrogens with zero attached hydrogens (tertiary/aromatic N) is 5. The zero-order chi connectivity index (χ0) is 20.8. The molecule has 1 amide bonds. The minimum atomic E-state index is -0.465. The number of carbonyl (C=O) groups is 1. The van der Waals surface area contributed by atoms with Gasteiger partial charge in [0, 0.05) is 30.6 Å². The van der Waals surface area contributed by atoms with Crippen LogP contribution < -0.4 is 5.32 Å². The molecule has 0 aliphatic rings. The van der Waals surface area contributed by atoms with Gasteiger partial charge in [-0.2, -0.15) is 0 Å². The highest BCUT2D eigenvalue weighted by Crippen LogP contribution is 2.27. The van der Waals surface area contributed by atoms with E-state index in [4.69, 9.17) is 0 Å². The van der Waals surface area contributed by atoms with Gasteiger partial charge in [-0.15, -0.1) is 10.2 Å². The largest absolute Gasteiger partial charge is 0.325 e. The van der Waals surface area contributed by atoms with Crippen molar-refractivity contribution in [1.29, 1.82) is 0 Å². The first kappa shape index (κ1) is 20.5. The molecule has 0 unspecified atom stereocenters. The molecule has 0 fully saturated rings. The van der Waals surface area contributed by atoms with Gasteiger partial charge < -0.3 is 9.88 Å². The minimum Gasteiger partial charge on any atom is -0.325 e. The van der Waals surface area contributed by atoms with Crippen molar-refractivity contribution in [2.24, 2.45) is 0 Å². The lowest BCUT2D eigenvalue weighted by molar-refractivity contribution is -0.385. The topological polar surface area (TPSA) is 116 Å². The number of nitro groups is 1. The maximum Gasteiger partial charge on any atom is 0.274 e. The summed E-state index contributed by atoms with van der Waals surface area (Å²) in [6.45, 7) is 4.39. The molecule has 2 heterocycles. The number of amides is 1. The summed E-state index contributed by atoms with van der Waals surface area (Å²) in [7, 11) is 0. The molecule has 0 spiro atoms. The van der Waals surface area contributed by atoms with E-state index in [1.54, 1.807) is 31.5 Å². The molecule has 10 heteroatoms. The molecule has 29 heavy (non-hydrogen) atoms. The highest BCUT2D eigenvalue weighted by Gasteiger charge is 2.17. The average Bonchev–Trinajstić information content (AvgIpc) is 3.11. The van der Waals surface area contributed by atoms with Crippen molar-refractivity contribution in [3.05, 3.63) is 58.4 Å². The van der Waals surface area contributed by atoms with Crippen LogP contribution in [0.1, 0.15) is 18.9 Å². The minimum absolute atomic E-state index is 0.0277. The highest BCUT2D eigenvalue weighted by molar-refractivity contribution is 7.99. The molecule has 150 valence electrons. The Balaban J connectivity index is 1.72. The van der Waals surface area contributed by atoms with Crippen molar-refractivity contribution in [2.45, 2.75) is 32.0 Å². The van der Waals surface area contributed by atoms with E-state index < -0.39 is 4.92 Å². The molecule has 0 saturated carbocycles. The second-order valence-electron chi connectivity index (χ2n) is 6.24. The molecule has 1 aromatic carbocycles. The van der Waals surface area contributed by atoms with Crippen LogP contribution in [0, 0.1) is 17.0 Å². The summed E-state index contributed by atoms with van der Waals surface area (Å²) in [5, 5.41) is 22.9. The van der Waals surface area contributed by atoms with Gasteiger partial charge in [-0.05, 0) is 31.5 Å². The number of nitrogens with one attached hydrogen (secondary N) is 1. The Hall–Kier alpha value is -3.27. The zero-order valence-electron chi connectivity index (χ0n) is 16.0. The Morgan fingerprint density at radius 1 is 1.24 bits per heavy atom. The summed E-state index contributed by atoms with van der Waals surface area (Å²) in [5.41, 5.74) is 1.73. The summed E-state index contributed by atoms with van der Waals surface area (Å²) in [6, 6.07) is 8.33. The molecular formula is C19H20N6O3S. The van der Waals surface area contributed by atoms with Gasteiger partial charge in [0.05, 0.1) is 21.9 Å². The normalized spacial score (nSPS) is 10.7. The van der Waals surface area contributed by atoms with E-state index in [9.17, 15) is 14.9 Å². The van der Waals surface area contributed by atoms with Gasteiger partial charge in [-0.3, -0.25) is 19.9 Å². The predicted octanol–water partition coefficient (Wildman–Crippen LogP) is 3.70. The van der Waals surface area contributed by atoms with E-state index in [1.165, 1.54) is 17.8 Å². The second kappa shape index (κ2) is 9.28. The first-order chi connectivity index (χ1) is 14.0. The quantitative estimate of drug-likeness (QED) is 0.341. The van der Waals surface area contributed by atoms with Crippen LogP contribution in [0.2, 0.25) is 0 Å². The van der Waals surface area contributed by atoms with Gasteiger partial charge in [0.2, 0.25) is 5.91 Å². The molecule has 0 radical (unpaired) electrons. The van der Waals surface area contributed by atoms with E-state index in [-0.39, 0.29) is 17.3 Å². The van der Waals surface area contributed by atoms with Gasteiger partial charge in [0.1, 0.15) is 0 Å². The molecule has 2 aromatic heterocycles. The third-order valence-electron chi connectivity index (χ3n) is 4.21. The van der Waals surface area contributed by atoms with Crippen molar-refractivity contribution in [2.75, 3.05) is 11.1 Å². The highest BCUT2D eigenvalue weighted by atomic mass is 32.2. The van der Waals surface area contributed by atoms with E-state index in [0.29, 0.717) is 16.4 Å². The summed E-state index contributed by atoms with van der Waals surface area (Å²) in [6.07, 6.45) is 4.28. The van der Waals surface area contributed by atoms with Crippen molar-refractivity contribution >= 4 is 29.0 Å². The number of aromatic nitrogens is 4. The molecule has 3 aromatic rings. The first-order valence-corrected chi connectivity index (χ1v) is 10.00. The summed E-state index contributed by atoms with van der Waals surface area (Å²) < 4.78 is 1.98. The molecule has 0 aliphatic heterocycles. The fourth-order valence-electron chi connectivity index (χ4n) is 2.81. The van der Waals surface area contributed by atoms with E-state index in [2.05, 4.69) is 27.4 Å². The fraction of sp³-hybridized carbons (Fsp3) is 0.263. The van der Waals surface area contributed by atoms with Crippen molar-refractivity contribution < 1.29 is 9.72 Å². The SMILES string of the molecule is CCCn1c(SCC(=O)Nc2cccc([N+](=O)[O-])c2C)nnc1-c1ccncc1. The summed E-state index contributed by atoms with van der Waals surface area (Å²) in [5.74, 6) is 0.571. The molecule has 3 rings (SSSR count). The Bertz CT molecular complexity index is 1020. The van der Waals surface area contributed by atoms with E-state index in [0.717, 1.165) is 24.4 Å². The molecular weight excluding hydrogens is 392 g/mol. The van der Waals surface area contributed by atoms with Crippen molar-refractivity contribution in [3.8, 4) is 11.4 Å². The number of nitro benzene ring substituents is 1. The van der Waals surface area contributed by atoms with Gasteiger partial charge in [0.15, 0.2) is 11.0 Å². The Kier molecular flexibility index (Phi) is 6.55. The number of hydrogen-bond donors (Lipinski definition) is 1. The standard InChI is InChI=1S/C19H20N6O3S/c1-3-11-24-18(14-7-9-20-10-8-14)22-23-19(24)29-12-17(26)21-15-5-4-6-16(13(15)2)25(27)28/h4-10H,3,11-12H2,1-2H3,(H,21,26). The van der Waals surface area contributed by atoms with Crippen LogP contribution in [0.4, 0.5) is 11.4 Å². The van der Waals surface area contributed by atoms with Crippen molar-refractivity contribution in [3.63, 3.8) is 0 Å². The van der Waals surface area contributed by atoms with Crippen LogP contribution in [-0.2, 0) is 11.3 Å². The van der Waals surface area contributed by atoms with Crippen LogP contribution in [0.25, 0.3) is 11.4 Å². The number of hydrogen-bond acceptors (Lipinski definition) is 7. The molecule has 9 nitrogen and oxygen atoms in total. The number of pyridine rings is 1. The molecule has 0 atom stereocenters. The van der Waals surface area contributed by atoms with Crippen molar-refractivity contribution in [1.82, 2.24) is 19.7 Å². The molecule has 1 N–H and O–H groups in total. The third kappa shape index (κ3) is 4.77. The number of rotatable bonds is 8. The van der Waals surface area contributed by atoms with E-state index in [1.807, 2.05) is 16.7 Å². The van der Waals surface area contributed by atoms with Crippen LogP contribution in [0.3, 0.4) is 0 Å². The number of anilines is 1. The molecule has 0 saturated heterocycles. The lowest BCUT2D eigenvalue weighted by Gasteiger charge is -2.10. The van der Waals surface area contributed by atoms with Crippen LogP contribution in [0.5, 0.6) is 0 Å². The number of carbonyl (C=O) groups excluding carboxylic acids is 1. The number of thioether (sulfide) groups is 1. The zero-order valence-corrected chi connectivity index (χ0v) is 16.8. The number of benzene rings is 1. The Labute approximate surface area is 171 Å². The third-order valence-corrected chi connectivity index (χ3v) is 5.18. The monoisotopic (exact) mass is 412 g/mol. The van der Waals surface area contributed by atoms with E-state index >= 15 is 0 Å². The molecule has 0 bridgehead atoms. The Morgan fingerprint density at radius 3 is 2.69 bits per heavy atom. The van der Waals surface area contributed by atoms with Crippen LogP contribution in [-0.4, -0.2) is 36.3 Å². The van der Waals surface area contributed by atoms with Crippen LogP contribution in [0.15, 0.2) is 47.9 Å². The second-order valence-corrected chi connectivity index (χ2v) is 7.18. The molecule has 0 aliphatic carbocycles. The fourth-order valence-corrected chi connectivity index (χ4v) is 3.57. The summed E-state index contributed by atoms with van der Waals surface area (Å²) >= 11 is 1.27. The smallest absolute Gasteiger partial charge is 0.274 e. The van der Waals surface area contributed by atoms with Gasteiger partial charge in [-0.25, -0.2) is 0 Å². The van der Waals surface area contributed by atoms with Crippen LogP contribution >= 0.6 is 11.8 Å². The predicted molar refractivity (Wildman–Crippen MR) is 111 cm³/mol. The lowest BCUT2D eigenvalue weighted by Crippen LogP contribution is -2.16. The van der Waals surface area contributed by atoms with Gasteiger partial charge in [-0.1, -0.05) is 24.8 Å². The maximum absolute atomic E-state index is 12.4.